The second-order valence-corrected chi connectivity index (χ2v) is 10.0. The van der Waals surface area contributed by atoms with Crippen molar-refractivity contribution in [3.8, 4) is 45.5 Å². The van der Waals surface area contributed by atoms with Crippen LogP contribution >= 0.6 is 0 Å². The van der Waals surface area contributed by atoms with Crippen LogP contribution in [-0.2, 0) is 13.0 Å². The average molecular weight is 611 g/mol. The molecule has 3 aromatic carbocycles. The molecule has 0 saturated heterocycles. The zero-order valence-corrected chi connectivity index (χ0v) is 27.5. The minimum atomic E-state index is -2.92. The second kappa shape index (κ2) is 14.5. The van der Waals surface area contributed by atoms with Gasteiger partial charge in [0.05, 0.1) is 18.2 Å². The Morgan fingerprint density at radius 2 is 1.58 bits per heavy atom. The van der Waals surface area contributed by atoms with Crippen LogP contribution in [0.15, 0.2) is 82.1 Å². The van der Waals surface area contributed by atoms with Crippen LogP contribution < -0.4 is 66.8 Å². The molecule has 0 fully saturated rings. The summed E-state index contributed by atoms with van der Waals surface area (Å²) in [6.45, 7) is 5.84. The Morgan fingerprint density at radius 3 is 2.16 bits per heavy atom. The summed E-state index contributed by atoms with van der Waals surface area (Å²) >= 11 is 0. The van der Waals surface area contributed by atoms with Crippen LogP contribution in [0.3, 0.4) is 0 Å². The summed E-state index contributed by atoms with van der Waals surface area (Å²) in [7, 11) is 0. The molecular weight excluding hydrogens is 581 g/mol. The molecule has 43 heavy (non-hydrogen) atoms. The van der Waals surface area contributed by atoms with Gasteiger partial charge in [-0.05, 0) is 54.7 Å². The van der Waals surface area contributed by atoms with Gasteiger partial charge < -0.3 is 14.4 Å². The first-order chi connectivity index (χ1) is 20.2. The summed E-state index contributed by atoms with van der Waals surface area (Å²) in [5, 5.41) is 15.2. The quantitative estimate of drug-likeness (QED) is 0.223. The Balaban J connectivity index is 0.00000423. The van der Waals surface area contributed by atoms with E-state index in [1.165, 1.54) is 4.57 Å². The summed E-state index contributed by atoms with van der Waals surface area (Å²) in [5.41, 5.74) is 2.24. The number of benzene rings is 3. The van der Waals surface area contributed by atoms with E-state index in [4.69, 9.17) is 4.74 Å². The number of ether oxygens (including phenoxy) is 1. The second-order valence-electron chi connectivity index (χ2n) is 10.0. The Hall–Kier alpha value is -3.22. The van der Waals surface area contributed by atoms with Gasteiger partial charge in [-0.3, -0.25) is 9.36 Å². The number of hydrogen-bond donors (Lipinski definition) is 0. The van der Waals surface area contributed by atoms with Crippen molar-refractivity contribution in [2.45, 2.75) is 52.7 Å². The van der Waals surface area contributed by atoms with Gasteiger partial charge in [0.2, 0.25) is 0 Å². The van der Waals surface area contributed by atoms with Crippen LogP contribution in [0.1, 0.15) is 50.7 Å². The van der Waals surface area contributed by atoms with Crippen molar-refractivity contribution in [1.82, 2.24) is 19.7 Å². The molecule has 5 aromatic rings. The minimum absolute atomic E-state index is 0. The predicted octanol–water partition coefficient (Wildman–Crippen LogP) is 3.43. The fourth-order valence-corrected chi connectivity index (χ4v) is 4.82. The van der Waals surface area contributed by atoms with Crippen molar-refractivity contribution >= 4 is 0 Å². The van der Waals surface area contributed by atoms with Gasteiger partial charge in [-0.2, -0.15) is 5.16 Å². The van der Waals surface area contributed by atoms with E-state index < -0.39 is 23.8 Å². The third-order valence-corrected chi connectivity index (χ3v) is 6.65. The first-order valence-electron chi connectivity index (χ1n) is 13.6. The van der Waals surface area contributed by atoms with E-state index in [0.29, 0.717) is 35.5 Å². The summed E-state index contributed by atoms with van der Waals surface area (Å²) in [6, 6.07) is 21.4. The molecule has 2 heterocycles. The van der Waals surface area contributed by atoms with E-state index in [1.807, 2.05) is 63.2 Å². The van der Waals surface area contributed by atoms with Crippen molar-refractivity contribution < 1.29 is 74.5 Å². The Bertz CT molecular complexity index is 1740. The molecule has 216 valence electrons. The summed E-state index contributed by atoms with van der Waals surface area (Å²) in [5.74, 6) is 1.08. The number of aryl methyl sites for hydroxylation is 1. The standard InChI is InChI=1S/C32H30F2N4O4.K/c1-4-7-26-35-28(29(33)34)27(22-14-16-23(17-15-22)41-19(2)3)31(39)38(26)18-20-10-12-21(13-11-20)24-8-5-6-9-25(24)30-36-32(40)42-37-30;/h5-6,8-17,19,29H,4,7,18H2,1-3H3,(H,36,37,40);/q;+1/p-1. The fourth-order valence-electron chi connectivity index (χ4n) is 4.82. The molecule has 0 aliphatic carbocycles. The van der Waals surface area contributed by atoms with E-state index in [9.17, 15) is 18.7 Å². The Morgan fingerprint density at radius 1 is 0.930 bits per heavy atom. The van der Waals surface area contributed by atoms with Gasteiger partial charge in [-0.1, -0.05) is 67.6 Å². The van der Waals surface area contributed by atoms with E-state index in [-0.39, 0.29) is 75.4 Å². The van der Waals surface area contributed by atoms with Gasteiger partial charge in [0, 0.05) is 12.0 Å². The molecule has 0 aliphatic heterocycles. The number of halogens is 2. The molecule has 0 N–H and O–H groups in total. The first kappa shape index (κ1) is 32.7. The molecule has 2 aromatic heterocycles. The number of aromatic nitrogens is 4. The van der Waals surface area contributed by atoms with Crippen LogP contribution in [0.2, 0.25) is 0 Å². The van der Waals surface area contributed by atoms with Gasteiger partial charge in [-0.25, -0.2) is 18.7 Å². The molecule has 0 spiro atoms. The van der Waals surface area contributed by atoms with Crippen LogP contribution in [0.25, 0.3) is 33.6 Å². The van der Waals surface area contributed by atoms with Crippen molar-refractivity contribution in [3.05, 3.63) is 100 Å². The van der Waals surface area contributed by atoms with Crippen molar-refractivity contribution in [2.24, 2.45) is 0 Å². The van der Waals surface area contributed by atoms with Crippen LogP contribution in [0, 0.1) is 0 Å². The average Bonchev–Trinajstić information content (AvgIpc) is 3.41. The van der Waals surface area contributed by atoms with Gasteiger partial charge in [0.15, 0.2) is 11.9 Å². The minimum Gasteiger partial charge on any atom is -0.528 e. The topological polar surface area (TPSA) is 106 Å². The Kier molecular flexibility index (Phi) is 11.0. The molecule has 0 amide bonds. The normalized spacial score (nSPS) is 11.1. The smallest absolute Gasteiger partial charge is 0.528 e. The predicted molar refractivity (Wildman–Crippen MR) is 152 cm³/mol. The van der Waals surface area contributed by atoms with E-state index in [2.05, 4.69) is 19.6 Å². The maximum absolute atomic E-state index is 14.2. The van der Waals surface area contributed by atoms with Crippen LogP contribution in [-0.4, -0.2) is 25.8 Å². The monoisotopic (exact) mass is 610 g/mol. The summed E-state index contributed by atoms with van der Waals surface area (Å²) in [4.78, 5) is 22.0. The maximum atomic E-state index is 14.2. The molecular formula is C32H29F2KN4O4. The molecule has 0 unspecified atom stereocenters. The maximum Gasteiger partial charge on any atom is 1.00 e. The molecule has 5 rings (SSSR count). The third kappa shape index (κ3) is 7.47. The summed E-state index contributed by atoms with van der Waals surface area (Å²) < 4.78 is 40.2. The largest absolute Gasteiger partial charge is 1.00 e. The number of hydrogen-bond acceptors (Lipinski definition) is 7. The number of nitrogens with zero attached hydrogens (tertiary/aromatic N) is 4. The molecule has 0 radical (unpaired) electrons. The van der Waals surface area contributed by atoms with Gasteiger partial charge in [0.1, 0.15) is 17.3 Å². The molecule has 11 heteroatoms. The Labute approximate surface area is 290 Å². The molecule has 0 atom stereocenters. The first-order valence-corrected chi connectivity index (χ1v) is 13.6. The SMILES string of the molecule is CCCc1nc(C(F)F)c(-c2ccc(OC(C)C)cc2)c(=O)n1Cc1ccc(-c2ccccc2-c2noc([O-])n2)cc1.[K+]. The van der Waals surface area contributed by atoms with E-state index >= 15 is 0 Å². The van der Waals surface area contributed by atoms with Crippen molar-refractivity contribution in [1.29, 1.82) is 0 Å². The van der Waals surface area contributed by atoms with E-state index in [0.717, 1.165) is 16.7 Å². The van der Waals surface area contributed by atoms with Crippen LogP contribution in [0.5, 0.6) is 11.8 Å². The van der Waals surface area contributed by atoms with Crippen LogP contribution in [0.4, 0.5) is 8.78 Å². The van der Waals surface area contributed by atoms with Gasteiger partial charge in [-0.15, -0.1) is 0 Å². The summed E-state index contributed by atoms with van der Waals surface area (Å²) in [6.07, 6.45) is -2.74. The van der Waals surface area contributed by atoms with Gasteiger partial charge >= 0.3 is 51.4 Å². The fraction of sp³-hybridized carbons (Fsp3) is 0.250. The molecule has 0 saturated carbocycles. The molecule has 0 bridgehead atoms. The molecule has 0 aliphatic rings. The number of rotatable bonds is 10. The third-order valence-electron chi connectivity index (χ3n) is 6.65. The number of alkyl halides is 2. The zero-order chi connectivity index (χ0) is 29.8. The van der Waals surface area contributed by atoms with E-state index in [1.54, 1.807) is 30.3 Å². The van der Waals surface area contributed by atoms with Gasteiger partial charge in [0.25, 0.3) is 12.0 Å². The molecule has 8 nitrogen and oxygen atoms in total. The zero-order valence-electron chi connectivity index (χ0n) is 24.4. The van der Waals surface area contributed by atoms with Crippen molar-refractivity contribution in [3.63, 3.8) is 0 Å². The van der Waals surface area contributed by atoms with Crippen molar-refractivity contribution in [2.75, 3.05) is 0 Å².